The van der Waals surface area contributed by atoms with E-state index in [-0.39, 0.29) is 12.0 Å². The van der Waals surface area contributed by atoms with Crippen molar-refractivity contribution in [2.45, 2.75) is 37.0 Å². The number of aliphatic hydroxyl groups is 1. The minimum absolute atomic E-state index is 0.185. The molecule has 1 saturated carbocycles. The molecule has 1 atom stereocenters. The molecular formula is C16H21F3N2O3. The fourth-order valence-corrected chi connectivity index (χ4v) is 2.57. The maximum Gasteiger partial charge on any atom is 0.414 e. The molecule has 1 aromatic rings. The second-order valence-electron chi connectivity index (χ2n) is 5.94. The van der Waals surface area contributed by atoms with E-state index in [1.165, 1.54) is 0 Å². The number of halogens is 3. The maximum absolute atomic E-state index is 12.2. The highest BCUT2D eigenvalue weighted by Gasteiger charge is 2.46. The number of alkyl halides is 3. The second-order valence-corrected chi connectivity index (χ2v) is 5.94. The lowest BCUT2D eigenvalue weighted by molar-refractivity contribution is -0.204. The number of methoxy groups -OCH3 is 1. The Morgan fingerprint density at radius 3 is 2.58 bits per heavy atom. The van der Waals surface area contributed by atoms with E-state index < -0.39 is 24.7 Å². The summed E-state index contributed by atoms with van der Waals surface area (Å²) in [5.41, 5.74) is 0.829. The molecule has 8 heteroatoms. The lowest BCUT2D eigenvalue weighted by Gasteiger charge is -2.20. The Morgan fingerprint density at radius 1 is 1.33 bits per heavy atom. The molecule has 0 radical (unpaired) electrons. The SMILES string of the molecule is COc1ccccc1C1(CNC(=O)NCC[C@@H](O)C(F)(F)F)CC1. The lowest BCUT2D eigenvalue weighted by Crippen LogP contribution is -2.41. The summed E-state index contributed by atoms with van der Waals surface area (Å²) in [5.74, 6) is 0.755. The first-order valence-electron chi connectivity index (χ1n) is 7.68. The Kier molecular flexibility index (Phi) is 5.58. The largest absolute Gasteiger partial charge is 0.496 e. The van der Waals surface area contributed by atoms with Crippen LogP contribution in [0.1, 0.15) is 24.8 Å². The number of hydrogen-bond acceptors (Lipinski definition) is 3. The molecule has 0 aromatic heterocycles. The van der Waals surface area contributed by atoms with Crippen LogP contribution >= 0.6 is 0 Å². The minimum atomic E-state index is -4.67. The molecule has 1 aliphatic rings. The molecule has 0 saturated heterocycles. The molecule has 0 spiro atoms. The van der Waals surface area contributed by atoms with E-state index in [0.717, 1.165) is 24.2 Å². The summed E-state index contributed by atoms with van der Waals surface area (Å²) in [6.07, 6.45) is -5.86. The molecule has 2 rings (SSSR count). The van der Waals surface area contributed by atoms with Crippen LogP contribution in [0.5, 0.6) is 5.75 Å². The quantitative estimate of drug-likeness (QED) is 0.710. The van der Waals surface area contributed by atoms with Crippen molar-refractivity contribution in [1.82, 2.24) is 10.6 Å². The van der Waals surface area contributed by atoms with Crippen molar-refractivity contribution in [3.05, 3.63) is 29.8 Å². The van der Waals surface area contributed by atoms with Gasteiger partial charge in [0.1, 0.15) is 5.75 Å². The van der Waals surface area contributed by atoms with Gasteiger partial charge in [-0.15, -0.1) is 0 Å². The fourth-order valence-electron chi connectivity index (χ4n) is 2.57. The number of para-hydroxylation sites is 1. The number of rotatable bonds is 7. The summed E-state index contributed by atoms with van der Waals surface area (Å²) < 4.78 is 41.8. The molecule has 24 heavy (non-hydrogen) atoms. The third-order valence-electron chi connectivity index (χ3n) is 4.20. The van der Waals surface area contributed by atoms with E-state index >= 15 is 0 Å². The fraction of sp³-hybridized carbons (Fsp3) is 0.562. The number of ether oxygens (including phenoxy) is 1. The van der Waals surface area contributed by atoms with E-state index in [1.807, 2.05) is 24.3 Å². The van der Waals surface area contributed by atoms with Crippen molar-refractivity contribution in [3.8, 4) is 5.75 Å². The Hall–Kier alpha value is -1.96. The lowest BCUT2D eigenvalue weighted by atomic mass is 9.95. The van der Waals surface area contributed by atoms with Gasteiger partial charge in [0.05, 0.1) is 7.11 Å². The zero-order valence-corrected chi connectivity index (χ0v) is 13.3. The summed E-state index contributed by atoms with van der Waals surface area (Å²) in [6, 6.07) is 7.02. The number of benzene rings is 1. The number of carbonyl (C=O) groups excluding carboxylic acids is 1. The minimum Gasteiger partial charge on any atom is -0.496 e. The van der Waals surface area contributed by atoms with Gasteiger partial charge in [-0.05, 0) is 25.3 Å². The van der Waals surface area contributed by atoms with Gasteiger partial charge < -0.3 is 20.5 Å². The highest BCUT2D eigenvalue weighted by molar-refractivity contribution is 5.74. The number of urea groups is 1. The van der Waals surface area contributed by atoms with Crippen molar-refractivity contribution >= 4 is 6.03 Å². The zero-order chi connectivity index (χ0) is 17.8. The van der Waals surface area contributed by atoms with Gasteiger partial charge in [-0.2, -0.15) is 13.2 Å². The summed E-state index contributed by atoms with van der Waals surface area (Å²) in [5, 5.41) is 13.9. The molecule has 2 amide bonds. The average Bonchev–Trinajstić information content (AvgIpc) is 3.33. The first-order chi connectivity index (χ1) is 11.3. The molecule has 1 fully saturated rings. The molecule has 1 aromatic carbocycles. The third kappa shape index (κ3) is 4.53. The first kappa shape index (κ1) is 18.4. The van der Waals surface area contributed by atoms with Crippen LogP contribution in [-0.4, -0.2) is 43.6 Å². The van der Waals surface area contributed by atoms with E-state index in [0.29, 0.717) is 6.54 Å². The van der Waals surface area contributed by atoms with Gasteiger partial charge in [0.2, 0.25) is 0 Å². The predicted molar refractivity (Wildman–Crippen MR) is 82.0 cm³/mol. The van der Waals surface area contributed by atoms with Crippen molar-refractivity contribution < 1.29 is 27.8 Å². The number of hydrogen-bond donors (Lipinski definition) is 3. The Labute approximate surface area is 138 Å². The maximum atomic E-state index is 12.2. The summed E-state index contributed by atoms with van der Waals surface area (Å²) >= 11 is 0. The highest BCUT2D eigenvalue weighted by atomic mass is 19.4. The van der Waals surface area contributed by atoms with Gasteiger partial charge in [0.15, 0.2) is 6.10 Å². The molecule has 5 nitrogen and oxygen atoms in total. The third-order valence-corrected chi connectivity index (χ3v) is 4.20. The van der Waals surface area contributed by atoms with Gasteiger partial charge in [-0.1, -0.05) is 18.2 Å². The van der Waals surface area contributed by atoms with Crippen LogP contribution in [0.25, 0.3) is 0 Å². The molecule has 3 N–H and O–H groups in total. The van der Waals surface area contributed by atoms with Crippen molar-refractivity contribution in [2.24, 2.45) is 0 Å². The van der Waals surface area contributed by atoms with Crippen LogP contribution in [0.15, 0.2) is 24.3 Å². The topological polar surface area (TPSA) is 70.6 Å². The van der Waals surface area contributed by atoms with E-state index in [9.17, 15) is 18.0 Å². The van der Waals surface area contributed by atoms with Crippen LogP contribution in [-0.2, 0) is 5.41 Å². The molecule has 134 valence electrons. The van der Waals surface area contributed by atoms with Crippen LogP contribution in [0, 0.1) is 0 Å². The summed E-state index contributed by atoms with van der Waals surface area (Å²) in [7, 11) is 1.58. The van der Waals surface area contributed by atoms with Crippen molar-refractivity contribution in [1.29, 1.82) is 0 Å². The Morgan fingerprint density at radius 2 is 2.00 bits per heavy atom. The van der Waals surface area contributed by atoms with E-state index in [1.54, 1.807) is 7.11 Å². The van der Waals surface area contributed by atoms with Gasteiger partial charge in [0, 0.05) is 24.1 Å². The number of carbonyl (C=O) groups is 1. The molecule has 0 aliphatic heterocycles. The van der Waals surface area contributed by atoms with Crippen LogP contribution in [0.4, 0.5) is 18.0 Å². The summed E-state index contributed by atoms with van der Waals surface area (Å²) in [6.45, 7) is 0.120. The van der Waals surface area contributed by atoms with Gasteiger partial charge in [-0.3, -0.25) is 0 Å². The van der Waals surface area contributed by atoms with Gasteiger partial charge >= 0.3 is 12.2 Å². The van der Waals surface area contributed by atoms with Crippen LogP contribution in [0.2, 0.25) is 0 Å². The van der Waals surface area contributed by atoms with E-state index in [4.69, 9.17) is 9.84 Å². The van der Waals surface area contributed by atoms with E-state index in [2.05, 4.69) is 10.6 Å². The Bertz CT molecular complexity index is 574. The van der Waals surface area contributed by atoms with Crippen LogP contribution < -0.4 is 15.4 Å². The number of amides is 2. The van der Waals surface area contributed by atoms with Crippen molar-refractivity contribution in [2.75, 3.05) is 20.2 Å². The summed E-state index contributed by atoms with van der Waals surface area (Å²) in [4.78, 5) is 11.7. The zero-order valence-electron chi connectivity index (χ0n) is 13.3. The molecule has 1 aliphatic carbocycles. The predicted octanol–water partition coefficient (Wildman–Crippen LogP) is 2.34. The number of nitrogens with one attached hydrogen (secondary N) is 2. The monoisotopic (exact) mass is 346 g/mol. The highest BCUT2D eigenvalue weighted by Crippen LogP contribution is 2.50. The van der Waals surface area contributed by atoms with Gasteiger partial charge in [-0.25, -0.2) is 4.79 Å². The number of aliphatic hydroxyl groups excluding tert-OH is 1. The van der Waals surface area contributed by atoms with Gasteiger partial charge in [0.25, 0.3) is 0 Å². The molecule has 0 heterocycles. The average molecular weight is 346 g/mol. The molecule has 0 bridgehead atoms. The normalized spacial score (nSPS) is 17.0. The van der Waals surface area contributed by atoms with Crippen molar-refractivity contribution in [3.63, 3.8) is 0 Å². The molecular weight excluding hydrogens is 325 g/mol. The smallest absolute Gasteiger partial charge is 0.414 e. The molecule has 0 unspecified atom stereocenters. The van der Waals surface area contributed by atoms with Crippen LogP contribution in [0.3, 0.4) is 0 Å². The Balaban J connectivity index is 1.80. The standard InChI is InChI=1S/C16H21F3N2O3/c1-24-12-5-3-2-4-11(12)15(7-8-15)10-21-14(23)20-9-6-13(22)16(17,18)19/h2-5,13,22H,6-10H2,1H3,(H2,20,21,23)/t13-/m1/s1. The first-order valence-corrected chi connectivity index (χ1v) is 7.68. The second kappa shape index (κ2) is 7.29.